The van der Waals surface area contributed by atoms with Gasteiger partial charge in [0.25, 0.3) is 0 Å². The summed E-state index contributed by atoms with van der Waals surface area (Å²) >= 11 is 0. The average Bonchev–Trinajstić information content (AvgIpc) is 2.50. The van der Waals surface area contributed by atoms with Crippen LogP contribution in [-0.2, 0) is 14.1 Å². The lowest BCUT2D eigenvalue weighted by Crippen LogP contribution is -3.00. The lowest BCUT2D eigenvalue weighted by atomic mass is 10.1. The Morgan fingerprint density at radius 1 is 1.17 bits per heavy atom. The highest BCUT2D eigenvalue weighted by Gasteiger charge is 2.12. The van der Waals surface area contributed by atoms with Crippen LogP contribution in [0.15, 0.2) is 23.0 Å². The zero-order chi connectivity index (χ0) is 16.4. The monoisotopic (exact) mass is 338 g/mol. The fourth-order valence-corrected chi connectivity index (χ4v) is 2.10. The molecule has 6 nitrogen and oxygen atoms in total. The molecular formula is C16H19ClN2O4. The van der Waals surface area contributed by atoms with Crippen molar-refractivity contribution in [1.29, 1.82) is 0 Å². The van der Waals surface area contributed by atoms with Gasteiger partial charge in [-0.25, -0.2) is 0 Å². The van der Waals surface area contributed by atoms with E-state index in [2.05, 4.69) is 0 Å². The first kappa shape index (κ1) is 18.6. The molecule has 0 bridgehead atoms. The average molecular weight is 339 g/mol. The van der Waals surface area contributed by atoms with E-state index in [1.807, 2.05) is 13.0 Å². The molecular weight excluding hydrogens is 320 g/mol. The van der Waals surface area contributed by atoms with Gasteiger partial charge in [-0.2, -0.15) is 13.9 Å². The Labute approximate surface area is 140 Å². The maximum atomic E-state index is 12.0. The van der Waals surface area contributed by atoms with Gasteiger partial charge >= 0.3 is 5.69 Å². The molecule has 124 valence electrons. The Bertz CT molecular complexity index is 813. The van der Waals surface area contributed by atoms with E-state index in [0.29, 0.717) is 11.3 Å². The normalized spacial score (nSPS) is 10.6. The number of nitrogens with zero attached hydrogens (tertiary/aromatic N) is 2. The third-order valence-electron chi connectivity index (χ3n) is 3.61. The summed E-state index contributed by atoms with van der Waals surface area (Å²) in [5, 5.41) is 19.7. The first-order chi connectivity index (χ1) is 10.3. The number of hydrogen-bond acceptors (Lipinski definition) is 4. The van der Waals surface area contributed by atoms with Crippen LogP contribution in [0.3, 0.4) is 0 Å². The number of aromatic nitrogens is 2. The number of aryl methyl sites for hydroxylation is 1. The SMILES string of the molecule is COc1cc(O)c(/C=C/c2cc(C)[n+](C)c(=O)n2C)cc1O.[Cl-]. The molecule has 0 saturated heterocycles. The second-order valence-corrected chi connectivity index (χ2v) is 5.03. The Hall–Kier alpha value is -2.47. The first-order valence-electron chi connectivity index (χ1n) is 6.70. The number of rotatable bonds is 3. The summed E-state index contributed by atoms with van der Waals surface area (Å²) in [7, 11) is 4.79. The molecule has 2 N–H and O–H groups in total. The largest absolute Gasteiger partial charge is 1.00 e. The molecule has 0 amide bonds. The van der Waals surface area contributed by atoms with Gasteiger partial charge in [0.1, 0.15) is 17.1 Å². The van der Waals surface area contributed by atoms with Crippen LogP contribution in [0, 0.1) is 6.92 Å². The quantitative estimate of drug-likeness (QED) is 0.507. The summed E-state index contributed by atoms with van der Waals surface area (Å²) < 4.78 is 7.98. The van der Waals surface area contributed by atoms with Crippen molar-refractivity contribution in [3.8, 4) is 17.2 Å². The molecule has 0 radical (unpaired) electrons. The summed E-state index contributed by atoms with van der Waals surface area (Å²) in [6.45, 7) is 1.84. The zero-order valence-corrected chi connectivity index (χ0v) is 14.1. The number of ether oxygens (including phenoxy) is 1. The number of phenols is 2. The highest BCUT2D eigenvalue weighted by Crippen LogP contribution is 2.33. The van der Waals surface area contributed by atoms with Crippen LogP contribution in [0.5, 0.6) is 17.2 Å². The van der Waals surface area contributed by atoms with E-state index < -0.39 is 0 Å². The highest BCUT2D eigenvalue weighted by molar-refractivity contribution is 5.73. The van der Waals surface area contributed by atoms with Crippen LogP contribution in [0.4, 0.5) is 0 Å². The Kier molecular flexibility index (Phi) is 5.81. The van der Waals surface area contributed by atoms with Gasteiger partial charge in [0.2, 0.25) is 0 Å². The molecule has 0 unspecified atom stereocenters. The second kappa shape index (κ2) is 7.19. The minimum atomic E-state index is -0.138. The molecule has 1 heterocycles. The van der Waals surface area contributed by atoms with Crippen molar-refractivity contribution in [3.05, 3.63) is 45.6 Å². The molecule has 0 aliphatic heterocycles. The number of methoxy groups -OCH3 is 1. The highest BCUT2D eigenvalue weighted by atomic mass is 35.5. The van der Waals surface area contributed by atoms with Gasteiger partial charge in [-0.3, -0.25) is 0 Å². The van der Waals surface area contributed by atoms with E-state index in [9.17, 15) is 15.0 Å². The van der Waals surface area contributed by atoms with Gasteiger partial charge in [0.05, 0.1) is 21.2 Å². The number of halogens is 1. The number of benzene rings is 1. The summed E-state index contributed by atoms with van der Waals surface area (Å²) in [6.07, 6.45) is 3.33. The van der Waals surface area contributed by atoms with E-state index in [4.69, 9.17) is 4.74 Å². The minimum Gasteiger partial charge on any atom is -1.00 e. The third-order valence-corrected chi connectivity index (χ3v) is 3.61. The van der Waals surface area contributed by atoms with Gasteiger partial charge in [-0.1, -0.05) is 0 Å². The van der Waals surface area contributed by atoms with Gasteiger partial charge in [0, 0.05) is 17.7 Å². The Morgan fingerprint density at radius 3 is 2.43 bits per heavy atom. The molecule has 0 fully saturated rings. The van der Waals surface area contributed by atoms with Gasteiger partial charge in [-0.05, 0) is 25.1 Å². The van der Waals surface area contributed by atoms with Crippen molar-refractivity contribution in [1.82, 2.24) is 4.57 Å². The fraction of sp³-hybridized carbons (Fsp3) is 0.250. The molecule has 0 spiro atoms. The van der Waals surface area contributed by atoms with Crippen LogP contribution in [0.25, 0.3) is 12.2 Å². The number of hydrogen-bond donors (Lipinski definition) is 2. The lowest BCUT2D eigenvalue weighted by Gasteiger charge is -2.06. The first-order valence-corrected chi connectivity index (χ1v) is 6.70. The Balaban J connectivity index is 0.00000264. The standard InChI is InChI=1S/C16H18N2O4.ClH/c1-10-7-12(18(3)16(21)17(10)2)6-5-11-8-14(20)15(22-4)9-13(11)19;/h5-9,20H,1-4H3;1H. The van der Waals surface area contributed by atoms with Crippen molar-refractivity contribution in [3.63, 3.8) is 0 Å². The van der Waals surface area contributed by atoms with Crippen LogP contribution < -0.4 is 27.4 Å². The molecule has 0 saturated carbocycles. The minimum absolute atomic E-state index is 0. The molecule has 0 aliphatic carbocycles. The molecule has 0 aliphatic rings. The van der Waals surface area contributed by atoms with Crippen molar-refractivity contribution >= 4 is 12.2 Å². The van der Waals surface area contributed by atoms with E-state index in [1.54, 1.807) is 30.8 Å². The lowest BCUT2D eigenvalue weighted by molar-refractivity contribution is -0.696. The van der Waals surface area contributed by atoms with E-state index in [0.717, 1.165) is 5.69 Å². The summed E-state index contributed by atoms with van der Waals surface area (Å²) in [5.74, 6) is 0.114. The summed E-state index contributed by atoms with van der Waals surface area (Å²) in [5.41, 5.74) is 1.80. The smallest absolute Gasteiger partial charge is 0.498 e. The van der Waals surface area contributed by atoms with Crippen molar-refractivity contribution in [2.75, 3.05) is 7.11 Å². The molecule has 0 atom stereocenters. The third kappa shape index (κ3) is 3.65. The second-order valence-electron chi connectivity index (χ2n) is 5.03. The van der Waals surface area contributed by atoms with Crippen molar-refractivity contribution < 1.29 is 31.9 Å². The molecule has 2 rings (SSSR count). The van der Waals surface area contributed by atoms with Crippen LogP contribution in [0.1, 0.15) is 17.0 Å². The summed E-state index contributed by atoms with van der Waals surface area (Å²) in [6, 6.07) is 4.60. The molecule has 23 heavy (non-hydrogen) atoms. The van der Waals surface area contributed by atoms with E-state index >= 15 is 0 Å². The number of aromatic hydroxyl groups is 2. The zero-order valence-electron chi connectivity index (χ0n) is 13.4. The van der Waals surface area contributed by atoms with Crippen LogP contribution in [-0.4, -0.2) is 21.9 Å². The predicted octanol–water partition coefficient (Wildman–Crippen LogP) is -1.89. The maximum absolute atomic E-state index is 12.0. The van der Waals surface area contributed by atoms with Gasteiger partial charge < -0.3 is 27.4 Å². The fourth-order valence-electron chi connectivity index (χ4n) is 2.10. The van der Waals surface area contributed by atoms with E-state index in [1.165, 1.54) is 23.8 Å². The van der Waals surface area contributed by atoms with Crippen molar-refractivity contribution in [2.24, 2.45) is 14.1 Å². The predicted molar refractivity (Wildman–Crippen MR) is 82.8 cm³/mol. The summed E-state index contributed by atoms with van der Waals surface area (Å²) in [4.78, 5) is 12.0. The Morgan fingerprint density at radius 2 is 1.83 bits per heavy atom. The number of phenolic OH excluding ortho intramolecular Hbond substituents is 2. The van der Waals surface area contributed by atoms with Crippen LogP contribution in [0.2, 0.25) is 0 Å². The van der Waals surface area contributed by atoms with Gasteiger partial charge in [-0.15, -0.1) is 0 Å². The molecule has 1 aromatic carbocycles. The molecule has 2 aromatic rings. The van der Waals surface area contributed by atoms with Crippen LogP contribution >= 0.6 is 0 Å². The van der Waals surface area contributed by atoms with Gasteiger partial charge in [0.15, 0.2) is 11.5 Å². The van der Waals surface area contributed by atoms with E-state index in [-0.39, 0.29) is 35.3 Å². The maximum Gasteiger partial charge on any atom is 0.498 e. The topological polar surface area (TPSA) is 75.6 Å². The molecule has 7 heteroatoms. The molecule has 1 aromatic heterocycles. The van der Waals surface area contributed by atoms with Crippen molar-refractivity contribution in [2.45, 2.75) is 6.92 Å².